The molecule has 18 heavy (non-hydrogen) atoms. The van der Waals surface area contributed by atoms with E-state index < -0.39 is 42.4 Å². The van der Waals surface area contributed by atoms with Gasteiger partial charge in [-0.15, -0.1) is 0 Å². The summed E-state index contributed by atoms with van der Waals surface area (Å²) >= 11 is 3.00. The van der Waals surface area contributed by atoms with Gasteiger partial charge in [0.25, 0.3) is 5.56 Å². The van der Waals surface area contributed by atoms with Gasteiger partial charge in [-0.2, -0.15) is 0 Å². The lowest BCUT2D eigenvalue weighted by atomic mass is 10.1. The van der Waals surface area contributed by atoms with Crippen LogP contribution in [0.4, 0.5) is 0 Å². The highest BCUT2D eigenvalue weighted by molar-refractivity contribution is 9.10. The Morgan fingerprint density at radius 2 is 2.06 bits per heavy atom. The van der Waals surface area contributed by atoms with Crippen molar-refractivity contribution in [3.63, 3.8) is 0 Å². The number of aliphatic hydroxyl groups is 3. The summed E-state index contributed by atoms with van der Waals surface area (Å²) in [5.74, 6) is 0. The lowest BCUT2D eigenvalue weighted by Crippen LogP contribution is -2.38. The molecule has 2 rings (SSSR count). The van der Waals surface area contributed by atoms with Crippen LogP contribution in [-0.4, -0.2) is 49.8 Å². The molecule has 0 unspecified atom stereocenters. The molecule has 100 valence electrons. The third-order valence-corrected chi connectivity index (χ3v) is 3.31. The summed E-state index contributed by atoms with van der Waals surface area (Å²) in [6.07, 6.45) is -4.88. The monoisotopic (exact) mass is 322 g/mol. The number of nitrogens with one attached hydrogen (secondary N) is 1. The zero-order valence-corrected chi connectivity index (χ0v) is 10.6. The van der Waals surface area contributed by atoms with Gasteiger partial charge in [0, 0.05) is 6.07 Å². The van der Waals surface area contributed by atoms with Crippen LogP contribution in [0.1, 0.15) is 6.23 Å². The van der Waals surface area contributed by atoms with Crippen molar-refractivity contribution in [1.82, 2.24) is 9.55 Å². The molecule has 2 heterocycles. The molecular formula is C9H11BrN2O6. The first-order valence-corrected chi connectivity index (χ1v) is 5.89. The summed E-state index contributed by atoms with van der Waals surface area (Å²) in [4.78, 5) is 24.7. The van der Waals surface area contributed by atoms with Crippen LogP contribution in [0, 0.1) is 0 Å². The molecule has 0 saturated carbocycles. The Labute approximate surface area is 109 Å². The van der Waals surface area contributed by atoms with Crippen LogP contribution in [0.2, 0.25) is 0 Å². The van der Waals surface area contributed by atoms with Gasteiger partial charge in [0.1, 0.15) is 18.3 Å². The third kappa shape index (κ3) is 2.15. The molecule has 1 aromatic heterocycles. The molecule has 0 amide bonds. The molecule has 1 saturated heterocycles. The maximum absolute atomic E-state index is 11.6. The van der Waals surface area contributed by atoms with E-state index in [1.807, 2.05) is 4.98 Å². The Bertz CT molecular complexity index is 555. The fraction of sp³-hybridized carbons (Fsp3) is 0.556. The normalized spacial score (nSPS) is 31.8. The Kier molecular flexibility index (Phi) is 3.69. The average Bonchev–Trinajstić information content (AvgIpc) is 2.56. The quantitative estimate of drug-likeness (QED) is 0.463. The average molecular weight is 323 g/mol. The van der Waals surface area contributed by atoms with Crippen molar-refractivity contribution in [3.8, 4) is 0 Å². The second kappa shape index (κ2) is 4.94. The second-order valence-corrected chi connectivity index (χ2v) is 4.67. The smallest absolute Gasteiger partial charge is 0.331 e. The highest BCUT2D eigenvalue weighted by atomic mass is 79.9. The predicted octanol–water partition coefficient (Wildman–Crippen LogP) is -2.09. The zero-order valence-electron chi connectivity index (χ0n) is 8.99. The van der Waals surface area contributed by atoms with Crippen molar-refractivity contribution in [1.29, 1.82) is 0 Å². The van der Waals surface area contributed by atoms with E-state index in [1.54, 1.807) is 0 Å². The first kappa shape index (κ1) is 13.4. The van der Waals surface area contributed by atoms with Crippen molar-refractivity contribution in [2.24, 2.45) is 0 Å². The van der Waals surface area contributed by atoms with E-state index >= 15 is 0 Å². The number of aromatic nitrogens is 2. The van der Waals surface area contributed by atoms with Crippen LogP contribution in [0.5, 0.6) is 0 Å². The number of hydrogen-bond acceptors (Lipinski definition) is 6. The number of aliphatic hydroxyl groups excluding tert-OH is 3. The van der Waals surface area contributed by atoms with E-state index in [9.17, 15) is 19.8 Å². The summed E-state index contributed by atoms with van der Waals surface area (Å²) in [6, 6.07) is 1.09. The summed E-state index contributed by atoms with van der Waals surface area (Å²) in [5, 5.41) is 28.3. The topological polar surface area (TPSA) is 125 Å². The van der Waals surface area contributed by atoms with Crippen molar-refractivity contribution in [3.05, 3.63) is 31.5 Å². The summed E-state index contributed by atoms with van der Waals surface area (Å²) in [6.45, 7) is -0.496. The molecule has 0 spiro atoms. The molecule has 1 aromatic rings. The minimum Gasteiger partial charge on any atom is -0.394 e. The van der Waals surface area contributed by atoms with Crippen LogP contribution >= 0.6 is 15.9 Å². The van der Waals surface area contributed by atoms with E-state index in [2.05, 4.69) is 15.9 Å². The highest BCUT2D eigenvalue weighted by Gasteiger charge is 2.44. The number of rotatable bonds is 2. The molecule has 0 bridgehead atoms. The van der Waals surface area contributed by atoms with Gasteiger partial charge in [-0.3, -0.25) is 14.3 Å². The number of aromatic amines is 1. The van der Waals surface area contributed by atoms with Gasteiger partial charge in [0.05, 0.1) is 11.2 Å². The predicted molar refractivity (Wildman–Crippen MR) is 62.0 cm³/mol. The van der Waals surface area contributed by atoms with Crippen LogP contribution in [0.15, 0.2) is 20.3 Å². The third-order valence-electron chi connectivity index (χ3n) is 2.70. The fourth-order valence-electron chi connectivity index (χ4n) is 1.81. The lowest BCUT2D eigenvalue weighted by molar-refractivity contribution is -0.0561. The highest BCUT2D eigenvalue weighted by Crippen LogP contribution is 2.29. The summed E-state index contributed by atoms with van der Waals surface area (Å²) < 4.78 is 6.24. The van der Waals surface area contributed by atoms with E-state index in [1.165, 1.54) is 0 Å². The van der Waals surface area contributed by atoms with E-state index in [4.69, 9.17) is 9.84 Å². The van der Waals surface area contributed by atoms with Gasteiger partial charge in [0.2, 0.25) is 0 Å². The Hall–Kier alpha value is -1.00. The van der Waals surface area contributed by atoms with Gasteiger partial charge in [-0.1, -0.05) is 0 Å². The number of hydrogen-bond donors (Lipinski definition) is 4. The number of nitrogens with zero attached hydrogens (tertiary/aromatic N) is 1. The first-order chi connectivity index (χ1) is 8.45. The molecule has 0 radical (unpaired) electrons. The SMILES string of the molecule is O=c1cc(Br)n([C@@H]2O[C@H](CO)[C@@H](O)[C@H]2O)c(=O)[nH]1. The van der Waals surface area contributed by atoms with Gasteiger partial charge < -0.3 is 20.1 Å². The van der Waals surface area contributed by atoms with Gasteiger partial charge in [-0.05, 0) is 15.9 Å². The molecule has 4 atom stereocenters. The molecule has 0 aromatic carbocycles. The number of H-pyrrole nitrogens is 1. The summed E-state index contributed by atoms with van der Waals surface area (Å²) in [7, 11) is 0. The standard InChI is InChI=1S/C9H11BrN2O6/c10-4-1-5(14)11-9(17)12(4)8-7(16)6(15)3(2-13)18-8/h1,3,6-8,13,15-16H,2H2,(H,11,14,17)/t3-,6-,7-,8-/m1/s1. The van der Waals surface area contributed by atoms with Gasteiger partial charge in [-0.25, -0.2) is 4.79 Å². The minimum atomic E-state index is -1.39. The molecule has 4 N–H and O–H groups in total. The summed E-state index contributed by atoms with van der Waals surface area (Å²) in [5.41, 5.74) is -1.39. The van der Waals surface area contributed by atoms with E-state index in [-0.39, 0.29) is 4.60 Å². The molecule has 8 nitrogen and oxygen atoms in total. The second-order valence-electron chi connectivity index (χ2n) is 3.86. The van der Waals surface area contributed by atoms with Crippen LogP contribution in [-0.2, 0) is 4.74 Å². The Morgan fingerprint density at radius 1 is 1.39 bits per heavy atom. The van der Waals surface area contributed by atoms with Crippen LogP contribution in [0.3, 0.4) is 0 Å². The molecular weight excluding hydrogens is 312 g/mol. The number of halogens is 1. The lowest BCUT2D eigenvalue weighted by Gasteiger charge is -2.18. The van der Waals surface area contributed by atoms with Crippen molar-refractivity contribution < 1.29 is 20.1 Å². The molecule has 1 fully saturated rings. The van der Waals surface area contributed by atoms with Gasteiger partial charge >= 0.3 is 5.69 Å². The maximum Gasteiger partial charge on any atom is 0.331 e. The van der Waals surface area contributed by atoms with Crippen LogP contribution in [0.25, 0.3) is 0 Å². The zero-order chi connectivity index (χ0) is 13.4. The minimum absolute atomic E-state index is 0.103. The first-order valence-electron chi connectivity index (χ1n) is 5.09. The molecule has 0 aliphatic carbocycles. The van der Waals surface area contributed by atoms with Crippen molar-refractivity contribution in [2.75, 3.05) is 6.61 Å². The molecule has 9 heteroatoms. The fourth-order valence-corrected chi connectivity index (χ4v) is 2.38. The molecule has 1 aliphatic rings. The largest absolute Gasteiger partial charge is 0.394 e. The van der Waals surface area contributed by atoms with Crippen molar-refractivity contribution in [2.45, 2.75) is 24.5 Å². The maximum atomic E-state index is 11.6. The van der Waals surface area contributed by atoms with Crippen LogP contribution < -0.4 is 11.2 Å². The van der Waals surface area contributed by atoms with Crippen molar-refractivity contribution >= 4 is 15.9 Å². The Morgan fingerprint density at radius 3 is 2.56 bits per heavy atom. The Balaban J connectivity index is 2.45. The van der Waals surface area contributed by atoms with E-state index in [0.717, 1.165) is 10.6 Å². The van der Waals surface area contributed by atoms with Gasteiger partial charge in [0.15, 0.2) is 6.23 Å². The van der Waals surface area contributed by atoms with E-state index in [0.29, 0.717) is 0 Å². The molecule has 1 aliphatic heterocycles. The number of ether oxygens (including phenoxy) is 1.